The van der Waals surface area contributed by atoms with E-state index in [1.165, 1.54) is 17.0 Å². The summed E-state index contributed by atoms with van der Waals surface area (Å²) in [7, 11) is 0. The number of piperazine rings is 1. The highest BCUT2D eigenvalue weighted by molar-refractivity contribution is 5.43. The Morgan fingerprint density at radius 3 is 2.41 bits per heavy atom. The first-order chi connectivity index (χ1) is 10.3. The minimum Gasteiger partial charge on any atom is -0.382 e. The molecule has 0 spiro atoms. The summed E-state index contributed by atoms with van der Waals surface area (Å²) in [4.78, 5) is 17.3. The van der Waals surface area contributed by atoms with Gasteiger partial charge in [0.2, 0.25) is 0 Å². The molecule has 122 valence electrons. The Balaban J connectivity index is 1.88. The zero-order valence-corrected chi connectivity index (χ0v) is 11.5. The molecular weight excluding hydrogens is 305 g/mol. The van der Waals surface area contributed by atoms with Gasteiger partial charge in [-0.25, -0.2) is 4.98 Å². The molecule has 1 fully saturated rings. The number of pyridine rings is 1. The van der Waals surface area contributed by atoms with Gasteiger partial charge in [0.1, 0.15) is 12.0 Å². The predicted octanol–water partition coefficient (Wildman–Crippen LogP) is 1.04. The average molecular weight is 320 g/mol. The fraction of sp³-hybridized carbons (Fsp3) is 0.583. The van der Waals surface area contributed by atoms with Gasteiger partial charge in [-0.05, 0) is 6.07 Å². The Morgan fingerprint density at radius 2 is 1.95 bits per heavy atom. The number of anilines is 1. The first-order valence-electron chi connectivity index (χ1n) is 6.60. The van der Waals surface area contributed by atoms with Crippen molar-refractivity contribution in [2.75, 3.05) is 37.6 Å². The van der Waals surface area contributed by atoms with Gasteiger partial charge < -0.3 is 10.0 Å². The van der Waals surface area contributed by atoms with Crippen molar-refractivity contribution in [3.05, 3.63) is 28.4 Å². The highest BCUT2D eigenvalue weighted by Gasteiger charge is 2.39. The Hall–Kier alpha value is -1.94. The Labute approximate surface area is 124 Å². The van der Waals surface area contributed by atoms with E-state index in [1.54, 1.807) is 0 Å². The lowest BCUT2D eigenvalue weighted by molar-refractivity contribution is -0.385. The quantitative estimate of drug-likeness (QED) is 0.659. The van der Waals surface area contributed by atoms with Crippen molar-refractivity contribution >= 4 is 11.5 Å². The molecule has 1 N–H and O–H groups in total. The number of rotatable bonds is 4. The summed E-state index contributed by atoms with van der Waals surface area (Å²) in [5.41, 5.74) is -0.115. The molecule has 0 radical (unpaired) electrons. The summed E-state index contributed by atoms with van der Waals surface area (Å²) in [5.74, 6) is 0.543. The fourth-order valence-corrected chi connectivity index (χ4v) is 2.18. The lowest BCUT2D eigenvalue weighted by Crippen LogP contribution is -2.51. The number of nitro groups is 1. The highest BCUT2D eigenvalue weighted by atomic mass is 19.4. The van der Waals surface area contributed by atoms with Gasteiger partial charge in [-0.1, -0.05) is 0 Å². The van der Waals surface area contributed by atoms with Crippen LogP contribution in [0.25, 0.3) is 0 Å². The molecule has 1 aromatic rings. The molecule has 0 saturated carbocycles. The molecular formula is C12H15F3N4O3. The molecule has 1 aliphatic heterocycles. The second kappa shape index (κ2) is 6.44. The molecule has 10 heteroatoms. The van der Waals surface area contributed by atoms with Gasteiger partial charge in [0, 0.05) is 38.8 Å². The van der Waals surface area contributed by atoms with Crippen molar-refractivity contribution in [3.8, 4) is 0 Å². The monoisotopic (exact) mass is 320 g/mol. The van der Waals surface area contributed by atoms with E-state index in [2.05, 4.69) is 4.98 Å². The molecule has 0 amide bonds. The number of aromatic nitrogens is 1. The van der Waals surface area contributed by atoms with Crippen LogP contribution < -0.4 is 4.90 Å². The summed E-state index contributed by atoms with van der Waals surface area (Å²) < 4.78 is 36.9. The van der Waals surface area contributed by atoms with Crippen LogP contribution in [0.2, 0.25) is 0 Å². The smallest absolute Gasteiger partial charge is 0.382 e. The highest BCUT2D eigenvalue weighted by Crippen LogP contribution is 2.22. The lowest BCUT2D eigenvalue weighted by Gasteiger charge is -2.36. The van der Waals surface area contributed by atoms with Crippen molar-refractivity contribution in [1.82, 2.24) is 9.88 Å². The van der Waals surface area contributed by atoms with Gasteiger partial charge in [-0.15, -0.1) is 0 Å². The summed E-state index contributed by atoms with van der Waals surface area (Å²) in [6.45, 7) is 1.13. The summed E-state index contributed by atoms with van der Waals surface area (Å²) in [6, 6.07) is 2.85. The number of alkyl halides is 3. The van der Waals surface area contributed by atoms with E-state index in [0.29, 0.717) is 32.0 Å². The predicted molar refractivity (Wildman–Crippen MR) is 71.6 cm³/mol. The molecule has 7 nitrogen and oxygen atoms in total. The Kier molecular flexibility index (Phi) is 4.81. The molecule has 2 heterocycles. The van der Waals surface area contributed by atoms with Gasteiger partial charge in [0.15, 0.2) is 6.10 Å². The van der Waals surface area contributed by atoms with Crippen molar-refractivity contribution in [2.24, 2.45) is 0 Å². The molecule has 1 saturated heterocycles. The zero-order chi connectivity index (χ0) is 16.3. The van der Waals surface area contributed by atoms with Crippen LogP contribution >= 0.6 is 0 Å². The van der Waals surface area contributed by atoms with Gasteiger partial charge in [-0.2, -0.15) is 13.2 Å². The van der Waals surface area contributed by atoms with E-state index in [-0.39, 0.29) is 5.69 Å². The first-order valence-corrected chi connectivity index (χ1v) is 6.60. The van der Waals surface area contributed by atoms with E-state index in [9.17, 15) is 23.3 Å². The summed E-state index contributed by atoms with van der Waals surface area (Å²) in [6.07, 6.45) is -5.82. The standard InChI is InChI=1S/C12H15F3N4O3/c13-12(14,15)10(20)8-17-3-5-18(6-4-17)11-2-1-9(7-16-11)19(21)22/h1-2,7,10,20H,3-6,8H2/t10-/m0/s1. The fourth-order valence-electron chi connectivity index (χ4n) is 2.18. The number of nitrogens with zero attached hydrogens (tertiary/aromatic N) is 4. The zero-order valence-electron chi connectivity index (χ0n) is 11.5. The first kappa shape index (κ1) is 16.4. The molecule has 0 bridgehead atoms. The molecule has 2 rings (SSSR count). The molecule has 1 atom stereocenters. The minimum atomic E-state index is -4.61. The maximum atomic E-state index is 12.3. The van der Waals surface area contributed by atoms with Gasteiger partial charge in [-0.3, -0.25) is 15.0 Å². The summed E-state index contributed by atoms with van der Waals surface area (Å²) >= 11 is 0. The number of hydrogen-bond acceptors (Lipinski definition) is 6. The molecule has 0 unspecified atom stereocenters. The third-order valence-corrected chi connectivity index (χ3v) is 3.45. The van der Waals surface area contributed by atoms with Crippen LogP contribution in [0, 0.1) is 10.1 Å². The normalized spacial score (nSPS) is 18.3. The number of aliphatic hydroxyl groups excluding tert-OH is 1. The van der Waals surface area contributed by atoms with Gasteiger partial charge in [0.25, 0.3) is 5.69 Å². The topological polar surface area (TPSA) is 82.7 Å². The maximum Gasteiger partial charge on any atom is 0.415 e. The van der Waals surface area contributed by atoms with Crippen LogP contribution in [0.5, 0.6) is 0 Å². The van der Waals surface area contributed by atoms with Crippen LogP contribution in [0.1, 0.15) is 0 Å². The summed E-state index contributed by atoms with van der Waals surface area (Å²) in [5, 5.41) is 19.6. The molecule has 1 aliphatic rings. The van der Waals surface area contributed by atoms with E-state index < -0.39 is 23.7 Å². The van der Waals surface area contributed by atoms with Crippen LogP contribution in [-0.2, 0) is 0 Å². The van der Waals surface area contributed by atoms with E-state index in [0.717, 1.165) is 6.20 Å². The number of hydrogen-bond donors (Lipinski definition) is 1. The van der Waals surface area contributed by atoms with Crippen molar-refractivity contribution in [2.45, 2.75) is 12.3 Å². The Morgan fingerprint density at radius 1 is 1.32 bits per heavy atom. The Bertz CT molecular complexity index is 515. The van der Waals surface area contributed by atoms with Gasteiger partial charge >= 0.3 is 6.18 Å². The molecule has 1 aromatic heterocycles. The van der Waals surface area contributed by atoms with Crippen LogP contribution in [0.15, 0.2) is 18.3 Å². The van der Waals surface area contributed by atoms with E-state index in [1.807, 2.05) is 4.90 Å². The second-order valence-electron chi connectivity index (χ2n) is 4.98. The molecule has 22 heavy (non-hydrogen) atoms. The van der Waals surface area contributed by atoms with Gasteiger partial charge in [0.05, 0.1) is 4.92 Å². The van der Waals surface area contributed by atoms with Crippen LogP contribution in [0.3, 0.4) is 0 Å². The molecule has 0 aromatic carbocycles. The van der Waals surface area contributed by atoms with E-state index in [4.69, 9.17) is 5.11 Å². The maximum absolute atomic E-state index is 12.3. The lowest BCUT2D eigenvalue weighted by atomic mass is 10.2. The second-order valence-corrected chi connectivity index (χ2v) is 4.98. The van der Waals surface area contributed by atoms with Crippen LogP contribution in [0.4, 0.5) is 24.7 Å². The number of halogens is 3. The number of aliphatic hydroxyl groups is 1. The third kappa shape index (κ3) is 4.04. The average Bonchev–Trinajstić information content (AvgIpc) is 2.47. The number of β-amino-alcohol motifs (C(OH)–C–C–N with tert-alkyl or cyclic N) is 1. The van der Waals surface area contributed by atoms with E-state index >= 15 is 0 Å². The SMILES string of the molecule is O=[N+]([O-])c1ccc(N2CCN(C[C@H](O)C(F)(F)F)CC2)nc1. The largest absolute Gasteiger partial charge is 0.415 e. The minimum absolute atomic E-state index is 0.115. The van der Waals surface area contributed by atoms with Crippen molar-refractivity contribution in [1.29, 1.82) is 0 Å². The van der Waals surface area contributed by atoms with Crippen LogP contribution in [-0.4, -0.2) is 64.9 Å². The van der Waals surface area contributed by atoms with Crippen molar-refractivity contribution in [3.63, 3.8) is 0 Å². The third-order valence-electron chi connectivity index (χ3n) is 3.45. The van der Waals surface area contributed by atoms with Crippen molar-refractivity contribution < 1.29 is 23.2 Å². The molecule has 0 aliphatic carbocycles.